The Balaban J connectivity index is 1.78. The lowest BCUT2D eigenvalue weighted by molar-refractivity contribution is 0.683. The van der Waals surface area contributed by atoms with E-state index < -0.39 is 0 Å². The van der Waals surface area contributed by atoms with E-state index in [4.69, 9.17) is 11.6 Å². The van der Waals surface area contributed by atoms with E-state index in [0.717, 1.165) is 6.42 Å². The van der Waals surface area contributed by atoms with Crippen LogP contribution in [0.2, 0.25) is 0 Å². The Morgan fingerprint density at radius 3 is 2.60 bits per heavy atom. The molecule has 0 spiro atoms. The van der Waals surface area contributed by atoms with Crippen LogP contribution in [-0.4, -0.2) is 0 Å². The van der Waals surface area contributed by atoms with E-state index in [1.807, 2.05) is 0 Å². The first-order valence-corrected chi connectivity index (χ1v) is 7.97. The Bertz CT molecular complexity index is 600. The van der Waals surface area contributed by atoms with Crippen molar-refractivity contribution in [3.63, 3.8) is 0 Å². The summed E-state index contributed by atoms with van der Waals surface area (Å²) in [4.78, 5) is 0. The van der Waals surface area contributed by atoms with Crippen LogP contribution in [0.1, 0.15) is 46.0 Å². The van der Waals surface area contributed by atoms with Gasteiger partial charge < -0.3 is 0 Å². The Kier molecular flexibility index (Phi) is 4.12. The summed E-state index contributed by atoms with van der Waals surface area (Å²) in [6.45, 7) is 2.13. The second-order valence-electron chi connectivity index (χ2n) is 5.90. The zero-order chi connectivity index (χ0) is 13.9. The number of aryl methyl sites for hydroxylation is 3. The highest BCUT2D eigenvalue weighted by atomic mass is 35.5. The molecule has 1 aliphatic carbocycles. The monoisotopic (exact) mass is 284 g/mol. The summed E-state index contributed by atoms with van der Waals surface area (Å²) in [5.41, 5.74) is 6.94. The molecule has 0 heterocycles. The lowest BCUT2D eigenvalue weighted by atomic mass is 9.89. The number of benzene rings is 2. The van der Waals surface area contributed by atoms with Crippen molar-refractivity contribution in [1.29, 1.82) is 0 Å². The predicted octanol–water partition coefficient (Wildman–Crippen LogP) is 5.40. The fourth-order valence-electron chi connectivity index (χ4n) is 3.11. The topological polar surface area (TPSA) is 0 Å². The first kappa shape index (κ1) is 13.7. The maximum absolute atomic E-state index is 6.64. The molecule has 0 aromatic heterocycles. The normalized spacial score (nSPS) is 15.7. The molecule has 0 saturated carbocycles. The number of alkyl halides is 1. The molecule has 0 bridgehead atoms. The molecule has 2 aromatic rings. The largest absolute Gasteiger partial charge is 0.117 e. The van der Waals surface area contributed by atoms with Crippen LogP contribution in [0, 0.1) is 6.92 Å². The summed E-state index contributed by atoms with van der Waals surface area (Å²) in [7, 11) is 0. The first-order valence-electron chi connectivity index (χ1n) is 7.54. The van der Waals surface area contributed by atoms with Gasteiger partial charge in [0.15, 0.2) is 0 Å². The van der Waals surface area contributed by atoms with Gasteiger partial charge in [-0.15, -0.1) is 11.6 Å². The van der Waals surface area contributed by atoms with E-state index in [0.29, 0.717) is 0 Å². The van der Waals surface area contributed by atoms with Gasteiger partial charge in [0, 0.05) is 0 Å². The fraction of sp³-hybridized carbons (Fsp3) is 0.368. The van der Waals surface area contributed by atoms with Crippen molar-refractivity contribution in [3.05, 3.63) is 70.3 Å². The van der Waals surface area contributed by atoms with Gasteiger partial charge in [0.25, 0.3) is 0 Å². The maximum Gasteiger partial charge on any atom is 0.0625 e. The molecule has 0 nitrogen and oxygen atoms in total. The van der Waals surface area contributed by atoms with E-state index in [1.165, 1.54) is 53.5 Å². The molecular formula is C19H21Cl. The highest BCUT2D eigenvalue weighted by Gasteiger charge is 2.14. The Morgan fingerprint density at radius 2 is 1.80 bits per heavy atom. The van der Waals surface area contributed by atoms with Gasteiger partial charge in [-0.1, -0.05) is 48.0 Å². The molecule has 20 heavy (non-hydrogen) atoms. The van der Waals surface area contributed by atoms with Crippen molar-refractivity contribution in [2.45, 2.75) is 44.4 Å². The number of fused-ring (bicyclic) bond motifs is 1. The van der Waals surface area contributed by atoms with Gasteiger partial charge in [-0.2, -0.15) is 0 Å². The third-order valence-corrected chi connectivity index (χ3v) is 4.64. The zero-order valence-corrected chi connectivity index (χ0v) is 12.8. The highest BCUT2D eigenvalue weighted by Crippen LogP contribution is 2.29. The molecule has 1 heteroatoms. The SMILES string of the molecule is Cc1cccc(CC(Cl)c2ccc3c(c2)CCCC3)c1. The minimum atomic E-state index is 0.0732. The van der Waals surface area contributed by atoms with Gasteiger partial charge in [-0.3, -0.25) is 0 Å². The number of hydrogen-bond acceptors (Lipinski definition) is 0. The van der Waals surface area contributed by atoms with Crippen molar-refractivity contribution in [3.8, 4) is 0 Å². The summed E-state index contributed by atoms with van der Waals surface area (Å²) < 4.78 is 0. The molecule has 0 amide bonds. The first-order chi connectivity index (χ1) is 9.72. The van der Waals surface area contributed by atoms with E-state index in [1.54, 1.807) is 0 Å². The van der Waals surface area contributed by atoms with Crippen LogP contribution >= 0.6 is 11.6 Å². The highest BCUT2D eigenvalue weighted by molar-refractivity contribution is 6.20. The molecule has 0 fully saturated rings. The van der Waals surface area contributed by atoms with Crippen LogP contribution in [0.3, 0.4) is 0 Å². The summed E-state index contributed by atoms with van der Waals surface area (Å²) in [6.07, 6.45) is 6.01. The Labute approximate surface area is 126 Å². The van der Waals surface area contributed by atoms with Crippen molar-refractivity contribution in [2.75, 3.05) is 0 Å². The van der Waals surface area contributed by atoms with Crippen LogP contribution in [0.25, 0.3) is 0 Å². The smallest absolute Gasteiger partial charge is 0.0625 e. The van der Waals surface area contributed by atoms with Crippen LogP contribution in [0.5, 0.6) is 0 Å². The van der Waals surface area contributed by atoms with E-state index in [2.05, 4.69) is 49.4 Å². The molecule has 2 aromatic carbocycles. The predicted molar refractivity (Wildman–Crippen MR) is 86.6 cm³/mol. The minimum absolute atomic E-state index is 0.0732. The maximum atomic E-state index is 6.64. The Morgan fingerprint density at radius 1 is 1.00 bits per heavy atom. The van der Waals surface area contributed by atoms with Gasteiger partial charge in [0.2, 0.25) is 0 Å². The number of hydrogen-bond donors (Lipinski definition) is 0. The fourth-order valence-corrected chi connectivity index (χ4v) is 3.43. The van der Waals surface area contributed by atoms with E-state index in [9.17, 15) is 0 Å². The second-order valence-corrected chi connectivity index (χ2v) is 6.42. The van der Waals surface area contributed by atoms with Crippen LogP contribution in [0.15, 0.2) is 42.5 Å². The zero-order valence-electron chi connectivity index (χ0n) is 12.0. The number of rotatable bonds is 3. The summed E-state index contributed by atoms with van der Waals surface area (Å²) in [5.74, 6) is 0. The second kappa shape index (κ2) is 6.01. The van der Waals surface area contributed by atoms with Gasteiger partial charge in [-0.05, 0) is 61.3 Å². The van der Waals surface area contributed by atoms with Crippen molar-refractivity contribution >= 4 is 11.6 Å². The van der Waals surface area contributed by atoms with Crippen LogP contribution in [0.4, 0.5) is 0 Å². The average molecular weight is 285 g/mol. The molecule has 1 atom stereocenters. The molecule has 104 valence electrons. The minimum Gasteiger partial charge on any atom is -0.117 e. The molecule has 0 saturated heterocycles. The van der Waals surface area contributed by atoms with Gasteiger partial charge in [-0.25, -0.2) is 0 Å². The number of halogens is 1. The summed E-state index contributed by atoms with van der Waals surface area (Å²) >= 11 is 6.64. The van der Waals surface area contributed by atoms with Crippen LogP contribution in [-0.2, 0) is 19.3 Å². The summed E-state index contributed by atoms with van der Waals surface area (Å²) in [5, 5.41) is 0.0732. The quantitative estimate of drug-likeness (QED) is 0.662. The van der Waals surface area contributed by atoms with Gasteiger partial charge >= 0.3 is 0 Å². The molecule has 1 unspecified atom stereocenters. The van der Waals surface area contributed by atoms with Crippen LogP contribution < -0.4 is 0 Å². The lowest BCUT2D eigenvalue weighted by Gasteiger charge is -2.18. The third kappa shape index (κ3) is 3.07. The molecule has 3 rings (SSSR count). The molecule has 0 aliphatic heterocycles. The Hall–Kier alpha value is -1.27. The molecule has 0 radical (unpaired) electrons. The summed E-state index contributed by atoms with van der Waals surface area (Å²) in [6, 6.07) is 15.5. The van der Waals surface area contributed by atoms with Crippen molar-refractivity contribution in [2.24, 2.45) is 0 Å². The van der Waals surface area contributed by atoms with Gasteiger partial charge in [0.1, 0.15) is 0 Å². The molecule has 1 aliphatic rings. The molecule has 0 N–H and O–H groups in total. The van der Waals surface area contributed by atoms with Crippen molar-refractivity contribution in [1.82, 2.24) is 0 Å². The third-order valence-electron chi connectivity index (χ3n) is 4.23. The standard InChI is InChI=1S/C19H21Cl/c1-14-5-4-6-15(11-14)12-19(20)18-10-9-16-7-2-3-8-17(16)13-18/h4-6,9-11,13,19H,2-3,7-8,12H2,1H3. The van der Waals surface area contributed by atoms with Gasteiger partial charge in [0.05, 0.1) is 5.38 Å². The van der Waals surface area contributed by atoms with Crippen molar-refractivity contribution < 1.29 is 0 Å². The average Bonchev–Trinajstić information content (AvgIpc) is 2.47. The van der Waals surface area contributed by atoms with E-state index >= 15 is 0 Å². The lowest BCUT2D eigenvalue weighted by Crippen LogP contribution is -2.04. The molecular weight excluding hydrogens is 264 g/mol. The van der Waals surface area contributed by atoms with E-state index in [-0.39, 0.29) is 5.38 Å².